The number of methoxy groups -OCH3 is 1. The average molecular weight is 276 g/mol. The smallest absolute Gasteiger partial charge is 0.146 e. The van der Waals surface area contributed by atoms with E-state index in [0.717, 1.165) is 36.8 Å². The van der Waals surface area contributed by atoms with Gasteiger partial charge < -0.3 is 4.74 Å². The standard InChI is InChI=1S/C17H21FO2/c1-17-7-5-3-4-6-11(16(17)19)8-13-14(17)9-12(20-2)10-15(13)18/h9-11H,3-8H2,1-2H3/t11-,17+/m0/s1. The fourth-order valence-corrected chi connectivity index (χ4v) is 3.89. The summed E-state index contributed by atoms with van der Waals surface area (Å²) in [4.78, 5) is 12.8. The van der Waals surface area contributed by atoms with Crippen LogP contribution in [0.1, 0.15) is 50.2 Å². The number of carbonyl (C=O) groups is 1. The summed E-state index contributed by atoms with van der Waals surface area (Å²) < 4.78 is 19.5. The summed E-state index contributed by atoms with van der Waals surface area (Å²) in [6.45, 7) is 1.99. The molecule has 1 saturated carbocycles. The lowest BCUT2D eigenvalue weighted by molar-refractivity contribution is -0.130. The van der Waals surface area contributed by atoms with E-state index in [0.29, 0.717) is 18.0 Å². The Kier molecular flexibility index (Phi) is 3.31. The van der Waals surface area contributed by atoms with Gasteiger partial charge >= 0.3 is 0 Å². The van der Waals surface area contributed by atoms with Gasteiger partial charge in [-0.3, -0.25) is 4.79 Å². The second-order valence-corrected chi connectivity index (χ2v) is 6.33. The lowest BCUT2D eigenvalue weighted by atomic mass is 9.62. The molecule has 20 heavy (non-hydrogen) atoms. The Hall–Kier alpha value is -1.38. The van der Waals surface area contributed by atoms with Gasteiger partial charge in [0.25, 0.3) is 0 Å². The minimum Gasteiger partial charge on any atom is -0.497 e. The van der Waals surface area contributed by atoms with Gasteiger partial charge in [0, 0.05) is 12.0 Å². The lowest BCUT2D eigenvalue weighted by Gasteiger charge is -2.40. The molecule has 1 fully saturated rings. The van der Waals surface area contributed by atoms with Crippen LogP contribution < -0.4 is 4.74 Å². The number of benzene rings is 1. The van der Waals surface area contributed by atoms with Crippen LogP contribution in [-0.4, -0.2) is 12.9 Å². The maximum absolute atomic E-state index is 14.4. The van der Waals surface area contributed by atoms with E-state index >= 15 is 0 Å². The molecule has 0 heterocycles. The number of Topliss-reactive ketones (excluding diaryl/α,β-unsaturated/α-hetero) is 1. The number of hydrogen-bond donors (Lipinski definition) is 0. The fraction of sp³-hybridized carbons (Fsp3) is 0.588. The van der Waals surface area contributed by atoms with E-state index in [1.165, 1.54) is 19.6 Å². The maximum Gasteiger partial charge on any atom is 0.146 e. The van der Waals surface area contributed by atoms with Crippen LogP contribution in [0.3, 0.4) is 0 Å². The molecule has 0 radical (unpaired) electrons. The third-order valence-corrected chi connectivity index (χ3v) is 5.09. The predicted octanol–water partition coefficient (Wildman–Crippen LogP) is 3.80. The molecule has 0 unspecified atom stereocenters. The molecular weight excluding hydrogens is 255 g/mol. The minimum atomic E-state index is -0.534. The fourth-order valence-electron chi connectivity index (χ4n) is 3.89. The first-order valence-corrected chi connectivity index (χ1v) is 7.47. The molecule has 2 bridgehead atoms. The monoisotopic (exact) mass is 276 g/mol. The van der Waals surface area contributed by atoms with Crippen molar-refractivity contribution in [2.24, 2.45) is 5.92 Å². The Bertz CT molecular complexity index is 552. The predicted molar refractivity (Wildman–Crippen MR) is 75.6 cm³/mol. The van der Waals surface area contributed by atoms with Gasteiger partial charge in [0.15, 0.2) is 0 Å². The highest BCUT2D eigenvalue weighted by Gasteiger charge is 2.45. The number of halogens is 1. The number of carbonyl (C=O) groups excluding carboxylic acids is 1. The Labute approximate surface area is 119 Å². The molecule has 1 aromatic rings. The van der Waals surface area contributed by atoms with Crippen molar-refractivity contribution < 1.29 is 13.9 Å². The normalized spacial score (nSPS) is 29.4. The Balaban J connectivity index is 2.18. The van der Waals surface area contributed by atoms with Crippen LogP contribution >= 0.6 is 0 Å². The van der Waals surface area contributed by atoms with Gasteiger partial charge in [0.2, 0.25) is 0 Å². The number of fused-ring (bicyclic) bond motifs is 4. The third-order valence-electron chi connectivity index (χ3n) is 5.09. The van der Waals surface area contributed by atoms with Crippen molar-refractivity contribution in [2.75, 3.05) is 7.11 Å². The van der Waals surface area contributed by atoms with Gasteiger partial charge in [0.1, 0.15) is 17.3 Å². The zero-order chi connectivity index (χ0) is 14.3. The van der Waals surface area contributed by atoms with Crippen molar-refractivity contribution in [3.8, 4) is 5.75 Å². The van der Waals surface area contributed by atoms with Crippen LogP contribution in [0.2, 0.25) is 0 Å². The first-order chi connectivity index (χ1) is 9.56. The molecule has 0 amide bonds. The minimum absolute atomic E-state index is 0.00399. The lowest BCUT2D eigenvalue weighted by Crippen LogP contribution is -2.44. The molecule has 108 valence electrons. The number of ether oxygens (including phenoxy) is 1. The Morgan fingerprint density at radius 2 is 2.10 bits per heavy atom. The van der Waals surface area contributed by atoms with Gasteiger partial charge in [-0.2, -0.15) is 0 Å². The van der Waals surface area contributed by atoms with Crippen LogP contribution in [-0.2, 0) is 16.6 Å². The topological polar surface area (TPSA) is 26.3 Å². The first-order valence-electron chi connectivity index (χ1n) is 7.47. The largest absolute Gasteiger partial charge is 0.497 e. The van der Waals surface area contributed by atoms with Gasteiger partial charge in [-0.25, -0.2) is 4.39 Å². The average Bonchev–Trinajstić information content (AvgIpc) is 2.44. The zero-order valence-corrected chi connectivity index (χ0v) is 12.2. The first kappa shape index (κ1) is 13.6. The summed E-state index contributed by atoms with van der Waals surface area (Å²) in [5.41, 5.74) is 1.06. The molecular formula is C17H21FO2. The molecule has 0 aromatic heterocycles. The summed E-state index contributed by atoms with van der Waals surface area (Å²) in [6, 6.07) is 3.31. The summed E-state index contributed by atoms with van der Waals surface area (Å²) in [5.74, 6) is 0.590. The second-order valence-electron chi connectivity index (χ2n) is 6.33. The number of hydrogen-bond acceptors (Lipinski definition) is 2. The van der Waals surface area contributed by atoms with Gasteiger partial charge in [0.05, 0.1) is 12.5 Å². The van der Waals surface area contributed by atoms with Gasteiger partial charge in [-0.15, -0.1) is 0 Å². The summed E-state index contributed by atoms with van der Waals surface area (Å²) in [7, 11) is 1.54. The number of rotatable bonds is 1. The molecule has 2 nitrogen and oxygen atoms in total. The molecule has 2 aliphatic rings. The highest BCUT2D eigenvalue weighted by atomic mass is 19.1. The highest BCUT2D eigenvalue weighted by molar-refractivity contribution is 5.94. The second kappa shape index (κ2) is 4.87. The molecule has 2 atom stereocenters. The summed E-state index contributed by atoms with van der Waals surface area (Å²) in [5, 5.41) is 0. The molecule has 3 heteroatoms. The van der Waals surface area contributed by atoms with Gasteiger partial charge in [-0.05, 0) is 43.4 Å². The highest BCUT2D eigenvalue weighted by Crippen LogP contribution is 2.45. The van der Waals surface area contributed by atoms with Crippen LogP contribution in [0.15, 0.2) is 12.1 Å². The zero-order valence-electron chi connectivity index (χ0n) is 12.2. The van der Waals surface area contributed by atoms with Crippen molar-refractivity contribution >= 4 is 5.78 Å². The molecule has 0 spiro atoms. The third kappa shape index (κ3) is 1.95. The molecule has 0 aliphatic heterocycles. The van der Waals surface area contributed by atoms with Crippen LogP contribution in [0.25, 0.3) is 0 Å². The van der Waals surface area contributed by atoms with E-state index in [1.807, 2.05) is 13.0 Å². The SMILES string of the molecule is COc1cc(F)c2c(c1)[C@@]1(C)CCCCC[C@@H](C2)C1=O. The molecule has 2 aliphatic carbocycles. The van der Waals surface area contributed by atoms with E-state index in [-0.39, 0.29) is 11.7 Å². The summed E-state index contributed by atoms with van der Waals surface area (Å²) in [6.07, 6.45) is 5.56. The van der Waals surface area contributed by atoms with Crippen LogP contribution in [0.5, 0.6) is 5.75 Å². The molecule has 3 rings (SSSR count). The van der Waals surface area contributed by atoms with E-state index < -0.39 is 5.41 Å². The van der Waals surface area contributed by atoms with Crippen LogP contribution in [0, 0.1) is 11.7 Å². The Morgan fingerprint density at radius 3 is 2.85 bits per heavy atom. The maximum atomic E-state index is 14.4. The van der Waals surface area contributed by atoms with E-state index in [9.17, 15) is 9.18 Å². The van der Waals surface area contributed by atoms with E-state index in [1.54, 1.807) is 0 Å². The molecule has 0 saturated heterocycles. The van der Waals surface area contributed by atoms with Crippen molar-refractivity contribution in [1.29, 1.82) is 0 Å². The Morgan fingerprint density at radius 1 is 1.30 bits per heavy atom. The van der Waals surface area contributed by atoms with Crippen LogP contribution in [0.4, 0.5) is 4.39 Å². The quantitative estimate of drug-likeness (QED) is 0.780. The molecule has 0 N–H and O–H groups in total. The van der Waals surface area contributed by atoms with Crippen molar-refractivity contribution in [1.82, 2.24) is 0 Å². The molecule has 1 aromatic carbocycles. The van der Waals surface area contributed by atoms with E-state index in [2.05, 4.69) is 0 Å². The summed E-state index contributed by atoms with van der Waals surface area (Å²) >= 11 is 0. The van der Waals surface area contributed by atoms with Crippen molar-refractivity contribution in [2.45, 2.75) is 50.9 Å². The number of ketones is 1. The van der Waals surface area contributed by atoms with Gasteiger partial charge in [-0.1, -0.05) is 19.3 Å². The van der Waals surface area contributed by atoms with E-state index in [4.69, 9.17) is 4.74 Å². The van der Waals surface area contributed by atoms with Crippen molar-refractivity contribution in [3.05, 3.63) is 29.1 Å². The van der Waals surface area contributed by atoms with Crippen molar-refractivity contribution in [3.63, 3.8) is 0 Å².